The fourth-order valence-corrected chi connectivity index (χ4v) is 0.622. The second kappa shape index (κ2) is 3.31. The Balaban J connectivity index is 1.87. The first kappa shape index (κ1) is 7.21. The second-order valence-electron chi connectivity index (χ2n) is 2.09. The Labute approximate surface area is 59.1 Å². The second-order valence-corrected chi connectivity index (χ2v) is 2.09. The smallest absolute Gasteiger partial charge is 0.347 e. The van der Waals surface area contributed by atoms with Gasteiger partial charge in [-0.2, -0.15) is 0 Å². The molecule has 0 atom stereocenters. The number of hydrogen-bond acceptors (Lipinski definition) is 4. The van der Waals surface area contributed by atoms with Crippen LogP contribution in [0.1, 0.15) is 12.8 Å². The van der Waals surface area contributed by atoms with E-state index in [2.05, 4.69) is 10.1 Å². The van der Waals surface area contributed by atoms with Crippen molar-refractivity contribution in [3.63, 3.8) is 0 Å². The van der Waals surface area contributed by atoms with Crippen molar-refractivity contribution in [2.45, 2.75) is 12.8 Å². The summed E-state index contributed by atoms with van der Waals surface area (Å²) in [6, 6.07) is 0. The molecule has 0 saturated carbocycles. The van der Waals surface area contributed by atoms with Gasteiger partial charge in [0.1, 0.15) is 0 Å². The van der Waals surface area contributed by atoms with Gasteiger partial charge in [-0.15, -0.1) is 0 Å². The Hall–Kier alpha value is -0.900. The van der Waals surface area contributed by atoms with Crippen LogP contribution in [-0.4, -0.2) is 23.4 Å². The molecule has 0 spiro atoms. The van der Waals surface area contributed by atoms with Gasteiger partial charge in [-0.1, -0.05) is 0 Å². The van der Waals surface area contributed by atoms with Gasteiger partial charge >= 0.3 is 5.95 Å². The fourth-order valence-electron chi connectivity index (χ4n) is 0.622. The quantitative estimate of drug-likeness (QED) is 0.479. The van der Waals surface area contributed by atoms with E-state index < -0.39 is 0 Å². The number of unbranched alkanes of at least 4 members (excludes halogenated alkanes) is 1. The topological polar surface area (TPSA) is 65.0 Å². The van der Waals surface area contributed by atoms with Gasteiger partial charge in [-0.25, -0.2) is 0 Å². The summed E-state index contributed by atoms with van der Waals surface area (Å²) in [5.74, 6) is 0.460. The average molecular weight is 145 g/mol. The van der Waals surface area contributed by atoms with Crippen LogP contribution >= 0.6 is 0 Å². The molecule has 1 aliphatic heterocycles. The van der Waals surface area contributed by atoms with Crippen LogP contribution in [-0.2, 0) is 4.74 Å². The summed E-state index contributed by atoms with van der Waals surface area (Å²) < 4.78 is 4.51. The van der Waals surface area contributed by atoms with Gasteiger partial charge < -0.3 is 20.3 Å². The van der Waals surface area contributed by atoms with Crippen LogP contribution < -0.4 is 5.32 Å². The lowest BCUT2D eigenvalue weighted by atomic mass is 10.3. The van der Waals surface area contributed by atoms with Gasteiger partial charge in [0.2, 0.25) is 0 Å². The highest BCUT2D eigenvalue weighted by molar-refractivity contribution is 5.06. The first-order valence-corrected chi connectivity index (χ1v) is 3.30. The van der Waals surface area contributed by atoms with E-state index in [0.717, 1.165) is 19.4 Å². The third kappa shape index (κ3) is 2.14. The van der Waals surface area contributed by atoms with E-state index >= 15 is 0 Å². The molecule has 0 aromatic rings. The number of nitrogens with one attached hydrogen (secondary N) is 1. The van der Waals surface area contributed by atoms with E-state index in [-0.39, 0.29) is 12.6 Å². The van der Waals surface area contributed by atoms with Gasteiger partial charge in [0.15, 0.2) is 0 Å². The van der Waals surface area contributed by atoms with E-state index in [4.69, 9.17) is 10.2 Å². The van der Waals surface area contributed by atoms with Crippen molar-refractivity contribution in [2.24, 2.45) is 0 Å². The first-order chi connectivity index (χ1) is 4.84. The van der Waals surface area contributed by atoms with Crippen LogP contribution in [0.5, 0.6) is 0 Å². The number of aliphatic hydroxyl groups excluding tert-OH is 2. The molecule has 0 unspecified atom stereocenters. The Morgan fingerprint density at radius 3 is 2.60 bits per heavy atom. The fraction of sp³-hybridized carbons (Fsp3) is 0.667. The lowest BCUT2D eigenvalue weighted by Crippen LogP contribution is -2.09. The maximum absolute atomic E-state index is 8.53. The lowest BCUT2D eigenvalue weighted by Gasteiger charge is -1.95. The lowest BCUT2D eigenvalue weighted by molar-refractivity contribution is 0.268. The third-order valence-corrected chi connectivity index (χ3v) is 1.22. The SMILES string of the molecule is OCCCCNC1=C(O)O1. The van der Waals surface area contributed by atoms with Crippen molar-refractivity contribution >= 4 is 0 Å². The number of hydrogen-bond donors (Lipinski definition) is 3. The minimum atomic E-state index is -0.0102. The summed E-state index contributed by atoms with van der Waals surface area (Å²) in [5.41, 5.74) is 0. The molecule has 4 nitrogen and oxygen atoms in total. The predicted octanol–water partition coefficient (Wildman–Crippen LogP) is 0.0633. The van der Waals surface area contributed by atoms with E-state index in [9.17, 15) is 0 Å². The average Bonchev–Trinajstić information content (AvgIpc) is 2.60. The van der Waals surface area contributed by atoms with Crippen molar-refractivity contribution < 1.29 is 14.9 Å². The highest BCUT2D eigenvalue weighted by Crippen LogP contribution is 2.18. The standard InChI is InChI=1S/C6H11NO3/c8-4-2-1-3-7-5-6(9)10-5/h7-9H,1-4H2. The van der Waals surface area contributed by atoms with Gasteiger partial charge in [-0.3, -0.25) is 0 Å². The molecule has 0 radical (unpaired) electrons. The Kier molecular flexibility index (Phi) is 2.39. The molecule has 0 saturated heterocycles. The molecule has 1 heterocycles. The predicted molar refractivity (Wildman–Crippen MR) is 35.1 cm³/mol. The van der Waals surface area contributed by atoms with Crippen LogP contribution in [0, 0.1) is 0 Å². The molecule has 0 aromatic carbocycles. The Morgan fingerprint density at radius 2 is 2.10 bits per heavy atom. The van der Waals surface area contributed by atoms with Gasteiger partial charge in [0.25, 0.3) is 5.88 Å². The molecule has 1 aliphatic rings. The van der Waals surface area contributed by atoms with Crippen LogP contribution in [0.2, 0.25) is 0 Å². The van der Waals surface area contributed by atoms with E-state index in [0.29, 0.717) is 5.88 Å². The maximum atomic E-state index is 8.53. The minimum absolute atomic E-state index is 0.0102. The van der Waals surface area contributed by atoms with Crippen LogP contribution in [0.25, 0.3) is 0 Å². The van der Waals surface area contributed by atoms with Gasteiger partial charge in [0.05, 0.1) is 0 Å². The monoisotopic (exact) mass is 145 g/mol. The Morgan fingerprint density at radius 1 is 1.40 bits per heavy atom. The van der Waals surface area contributed by atoms with Gasteiger partial charge in [0, 0.05) is 13.2 Å². The summed E-state index contributed by atoms with van der Waals surface area (Å²) in [5, 5.41) is 19.7. The normalized spacial score (nSPS) is 14.9. The molecule has 1 rings (SSSR count). The largest absolute Gasteiger partial charge is 0.477 e. The van der Waals surface area contributed by atoms with Crippen molar-refractivity contribution in [2.75, 3.05) is 13.2 Å². The van der Waals surface area contributed by atoms with Gasteiger partial charge in [-0.05, 0) is 12.8 Å². The molecule has 4 heteroatoms. The highest BCUT2D eigenvalue weighted by Gasteiger charge is 2.23. The summed E-state index contributed by atoms with van der Waals surface area (Å²) in [6.07, 6.45) is 1.66. The van der Waals surface area contributed by atoms with Crippen molar-refractivity contribution in [3.05, 3.63) is 11.8 Å². The molecule has 0 aromatic heterocycles. The summed E-state index contributed by atoms with van der Waals surface area (Å²) in [4.78, 5) is 0. The molecule has 0 fully saturated rings. The molecular weight excluding hydrogens is 134 g/mol. The van der Waals surface area contributed by atoms with Crippen molar-refractivity contribution in [1.82, 2.24) is 5.32 Å². The molecule has 0 bridgehead atoms. The van der Waals surface area contributed by atoms with Crippen molar-refractivity contribution in [3.8, 4) is 0 Å². The van der Waals surface area contributed by atoms with Crippen LogP contribution in [0.3, 0.4) is 0 Å². The maximum Gasteiger partial charge on any atom is 0.347 e. The van der Waals surface area contributed by atoms with Crippen LogP contribution in [0.4, 0.5) is 0 Å². The summed E-state index contributed by atoms with van der Waals surface area (Å²) in [7, 11) is 0. The summed E-state index contributed by atoms with van der Waals surface area (Å²) in [6.45, 7) is 0.952. The van der Waals surface area contributed by atoms with E-state index in [1.165, 1.54) is 0 Å². The minimum Gasteiger partial charge on any atom is -0.477 e. The highest BCUT2D eigenvalue weighted by atomic mass is 16.7. The molecule has 0 amide bonds. The number of rotatable bonds is 5. The third-order valence-electron chi connectivity index (χ3n) is 1.22. The van der Waals surface area contributed by atoms with Crippen LogP contribution in [0.15, 0.2) is 11.8 Å². The molecule has 3 N–H and O–H groups in total. The Bertz CT molecular complexity index is 144. The zero-order chi connectivity index (χ0) is 7.40. The first-order valence-electron chi connectivity index (χ1n) is 3.30. The number of ether oxygens (including phenoxy) is 1. The molecule has 58 valence electrons. The molecular formula is C6H11NO3. The zero-order valence-electron chi connectivity index (χ0n) is 5.63. The molecule has 0 aliphatic carbocycles. The number of aliphatic hydroxyl groups is 2. The van der Waals surface area contributed by atoms with E-state index in [1.54, 1.807) is 0 Å². The summed E-state index contributed by atoms with van der Waals surface area (Å²) >= 11 is 0. The molecule has 10 heavy (non-hydrogen) atoms. The zero-order valence-corrected chi connectivity index (χ0v) is 5.63. The van der Waals surface area contributed by atoms with E-state index in [1.807, 2.05) is 0 Å². The van der Waals surface area contributed by atoms with Crippen molar-refractivity contribution in [1.29, 1.82) is 0 Å².